The minimum Gasteiger partial charge on any atom is -0.548 e. The van der Waals surface area contributed by atoms with Crippen LogP contribution in [0.5, 0.6) is 0 Å². The van der Waals surface area contributed by atoms with E-state index in [1.54, 1.807) is 6.92 Å². The molecule has 0 saturated carbocycles. The number of carboxylic acid groups (broad SMARTS) is 1. The zero-order chi connectivity index (χ0) is 8.85. The molecule has 4 heteroatoms. The van der Waals surface area contributed by atoms with Gasteiger partial charge in [0.2, 0.25) is 5.91 Å². The van der Waals surface area contributed by atoms with Gasteiger partial charge in [-0.3, -0.25) is 4.79 Å². The first kappa shape index (κ1) is 9.94. The molecule has 0 spiro atoms. The first-order chi connectivity index (χ1) is 5.07. The van der Waals surface area contributed by atoms with Gasteiger partial charge in [0.15, 0.2) is 0 Å². The molecular weight excluding hydrogens is 146 g/mol. The van der Waals surface area contributed by atoms with Crippen LogP contribution in [0.1, 0.15) is 20.3 Å². The molecule has 4 nitrogen and oxygen atoms in total. The normalized spacial score (nSPS) is 12.2. The Hall–Kier alpha value is -1.06. The van der Waals surface area contributed by atoms with Crippen molar-refractivity contribution in [2.24, 2.45) is 5.92 Å². The third-order valence-electron chi connectivity index (χ3n) is 1.47. The van der Waals surface area contributed by atoms with Crippen LogP contribution in [0.2, 0.25) is 0 Å². The van der Waals surface area contributed by atoms with Crippen molar-refractivity contribution in [3.63, 3.8) is 0 Å². The van der Waals surface area contributed by atoms with Crippen LogP contribution in [0.15, 0.2) is 0 Å². The predicted molar refractivity (Wildman–Crippen MR) is 37.5 cm³/mol. The van der Waals surface area contributed by atoms with Crippen molar-refractivity contribution in [3.05, 3.63) is 0 Å². The zero-order valence-corrected chi connectivity index (χ0v) is 6.72. The molecule has 0 heterocycles. The second kappa shape index (κ2) is 4.71. The molecule has 0 aromatic carbocycles. The summed E-state index contributed by atoms with van der Waals surface area (Å²) in [6.07, 6.45) is 0.707. The largest absolute Gasteiger partial charge is 0.548 e. The van der Waals surface area contributed by atoms with Crippen LogP contribution in [-0.2, 0) is 9.59 Å². The van der Waals surface area contributed by atoms with Gasteiger partial charge in [-0.2, -0.15) is 0 Å². The van der Waals surface area contributed by atoms with E-state index in [4.69, 9.17) is 0 Å². The monoisotopic (exact) mass is 158 g/mol. The molecule has 0 saturated heterocycles. The van der Waals surface area contributed by atoms with Crippen molar-refractivity contribution in [3.8, 4) is 0 Å². The van der Waals surface area contributed by atoms with Gasteiger partial charge < -0.3 is 15.2 Å². The van der Waals surface area contributed by atoms with Gasteiger partial charge in [-0.1, -0.05) is 13.8 Å². The summed E-state index contributed by atoms with van der Waals surface area (Å²) in [5, 5.41) is 12.1. The Morgan fingerprint density at radius 1 is 1.55 bits per heavy atom. The summed E-state index contributed by atoms with van der Waals surface area (Å²) in [6, 6.07) is 0. The average molecular weight is 158 g/mol. The Morgan fingerprint density at radius 3 is 2.45 bits per heavy atom. The van der Waals surface area contributed by atoms with Crippen LogP contribution in [0.25, 0.3) is 0 Å². The van der Waals surface area contributed by atoms with Gasteiger partial charge >= 0.3 is 0 Å². The van der Waals surface area contributed by atoms with Crippen LogP contribution >= 0.6 is 0 Å². The van der Waals surface area contributed by atoms with E-state index in [1.165, 1.54) is 0 Å². The minimum atomic E-state index is -1.26. The fraction of sp³-hybridized carbons (Fsp3) is 0.714. The van der Waals surface area contributed by atoms with Gasteiger partial charge in [-0.25, -0.2) is 0 Å². The van der Waals surface area contributed by atoms with Gasteiger partial charge in [-0.15, -0.1) is 0 Å². The fourth-order valence-electron chi connectivity index (χ4n) is 0.519. The smallest absolute Gasteiger partial charge is 0.223 e. The van der Waals surface area contributed by atoms with Gasteiger partial charge in [0.05, 0.1) is 12.5 Å². The van der Waals surface area contributed by atoms with E-state index in [-0.39, 0.29) is 11.8 Å². The van der Waals surface area contributed by atoms with E-state index in [9.17, 15) is 14.7 Å². The molecule has 11 heavy (non-hydrogen) atoms. The molecular formula is C7H12NO3-. The summed E-state index contributed by atoms with van der Waals surface area (Å²) in [5.74, 6) is -1.63. The summed E-state index contributed by atoms with van der Waals surface area (Å²) in [5.41, 5.74) is 0. The summed E-state index contributed by atoms with van der Waals surface area (Å²) < 4.78 is 0. The van der Waals surface area contributed by atoms with Crippen molar-refractivity contribution in [2.75, 3.05) is 6.54 Å². The lowest BCUT2D eigenvalue weighted by Crippen LogP contribution is -2.39. The van der Waals surface area contributed by atoms with Crippen molar-refractivity contribution in [2.45, 2.75) is 20.3 Å². The van der Waals surface area contributed by atoms with Crippen molar-refractivity contribution < 1.29 is 14.7 Å². The number of carbonyl (C=O) groups is 2. The molecule has 0 aromatic rings. The molecule has 0 fully saturated rings. The second-order valence-electron chi connectivity index (χ2n) is 2.40. The van der Waals surface area contributed by atoms with Crippen LogP contribution in [0, 0.1) is 5.92 Å². The molecule has 1 N–H and O–H groups in total. The minimum absolute atomic E-state index is 0.130. The zero-order valence-electron chi connectivity index (χ0n) is 6.72. The molecule has 0 aliphatic carbocycles. The van der Waals surface area contributed by atoms with Gasteiger partial charge in [0.1, 0.15) is 0 Å². The molecule has 0 radical (unpaired) electrons. The number of amides is 1. The lowest BCUT2D eigenvalue weighted by Gasteiger charge is -2.09. The van der Waals surface area contributed by atoms with E-state index < -0.39 is 12.5 Å². The number of carbonyl (C=O) groups excluding carboxylic acids is 2. The molecule has 0 aliphatic rings. The third-order valence-corrected chi connectivity index (χ3v) is 1.47. The highest BCUT2D eigenvalue weighted by atomic mass is 16.4. The molecule has 1 unspecified atom stereocenters. The molecule has 0 bridgehead atoms. The fourth-order valence-corrected chi connectivity index (χ4v) is 0.519. The van der Waals surface area contributed by atoms with E-state index >= 15 is 0 Å². The quantitative estimate of drug-likeness (QED) is 0.564. The maximum absolute atomic E-state index is 10.9. The summed E-state index contributed by atoms with van der Waals surface area (Å²) in [7, 11) is 0. The average Bonchev–Trinajstić information content (AvgIpc) is 1.98. The number of rotatable bonds is 4. The summed E-state index contributed by atoms with van der Waals surface area (Å²) in [4.78, 5) is 20.8. The highest BCUT2D eigenvalue weighted by Crippen LogP contribution is 1.98. The van der Waals surface area contributed by atoms with Crippen LogP contribution in [-0.4, -0.2) is 18.4 Å². The SMILES string of the molecule is CCC(C)C(=O)NCC(=O)[O-]. The van der Waals surface area contributed by atoms with Crippen LogP contribution in [0.3, 0.4) is 0 Å². The molecule has 64 valence electrons. The Bertz CT molecular complexity index is 156. The number of nitrogens with one attached hydrogen (secondary N) is 1. The number of aliphatic carboxylic acids is 1. The molecule has 1 atom stereocenters. The van der Waals surface area contributed by atoms with Gasteiger partial charge in [0.25, 0.3) is 0 Å². The lowest BCUT2D eigenvalue weighted by molar-refractivity contribution is -0.304. The number of hydrogen-bond donors (Lipinski definition) is 1. The van der Waals surface area contributed by atoms with Crippen molar-refractivity contribution in [1.29, 1.82) is 0 Å². The van der Waals surface area contributed by atoms with E-state index in [2.05, 4.69) is 5.32 Å². The van der Waals surface area contributed by atoms with Gasteiger partial charge in [0, 0.05) is 5.92 Å². The standard InChI is InChI=1S/C7H13NO3/c1-3-5(2)7(11)8-4-6(9)10/h5H,3-4H2,1-2H3,(H,8,11)(H,9,10)/p-1. The van der Waals surface area contributed by atoms with Crippen molar-refractivity contribution >= 4 is 11.9 Å². The maximum atomic E-state index is 10.9. The molecule has 0 aromatic heterocycles. The number of hydrogen-bond acceptors (Lipinski definition) is 3. The van der Waals surface area contributed by atoms with Crippen LogP contribution in [0.4, 0.5) is 0 Å². The maximum Gasteiger partial charge on any atom is 0.223 e. The highest BCUT2D eigenvalue weighted by Gasteiger charge is 2.08. The van der Waals surface area contributed by atoms with Crippen molar-refractivity contribution in [1.82, 2.24) is 5.32 Å². The lowest BCUT2D eigenvalue weighted by atomic mass is 10.1. The Morgan fingerprint density at radius 2 is 2.09 bits per heavy atom. The summed E-state index contributed by atoms with van der Waals surface area (Å²) >= 11 is 0. The first-order valence-electron chi connectivity index (χ1n) is 3.55. The van der Waals surface area contributed by atoms with E-state index in [0.717, 1.165) is 0 Å². The predicted octanol–water partition coefficient (Wildman–Crippen LogP) is -1.10. The number of carboxylic acids is 1. The van der Waals surface area contributed by atoms with E-state index in [1.807, 2.05) is 6.92 Å². The molecule has 1 amide bonds. The molecule has 0 rings (SSSR count). The third kappa shape index (κ3) is 4.36. The first-order valence-corrected chi connectivity index (χ1v) is 3.55. The topological polar surface area (TPSA) is 69.2 Å². The van der Waals surface area contributed by atoms with E-state index in [0.29, 0.717) is 6.42 Å². The Labute approximate surface area is 65.6 Å². The summed E-state index contributed by atoms with van der Waals surface area (Å²) in [6.45, 7) is 3.21. The molecule has 0 aliphatic heterocycles. The Balaban J connectivity index is 3.60. The Kier molecular flexibility index (Phi) is 4.26. The highest BCUT2D eigenvalue weighted by molar-refractivity contribution is 5.81. The van der Waals surface area contributed by atoms with Gasteiger partial charge in [-0.05, 0) is 6.42 Å². The van der Waals surface area contributed by atoms with Crippen LogP contribution < -0.4 is 10.4 Å². The second-order valence-corrected chi connectivity index (χ2v) is 2.40.